The van der Waals surface area contributed by atoms with Gasteiger partial charge in [0.15, 0.2) is 11.5 Å². The number of nitrogens with one attached hydrogen (secondary N) is 2. The third-order valence-electron chi connectivity index (χ3n) is 7.74. The summed E-state index contributed by atoms with van der Waals surface area (Å²) in [6.07, 6.45) is 3.48. The van der Waals surface area contributed by atoms with Gasteiger partial charge in [-0.2, -0.15) is 4.98 Å². The van der Waals surface area contributed by atoms with Crippen molar-refractivity contribution in [2.75, 3.05) is 69.7 Å². The van der Waals surface area contributed by atoms with Crippen LogP contribution in [-0.4, -0.2) is 108 Å². The molecule has 13 nitrogen and oxygen atoms in total. The number of morpholine rings is 1. The summed E-state index contributed by atoms with van der Waals surface area (Å²) in [5.41, 5.74) is 6.65. The van der Waals surface area contributed by atoms with E-state index >= 15 is 0 Å². The zero-order valence-corrected chi connectivity index (χ0v) is 22.8. The number of benzene rings is 1. The number of nitrogens with zero attached hydrogens (tertiary/aromatic N) is 6. The van der Waals surface area contributed by atoms with Gasteiger partial charge in [-0.3, -0.25) is 14.4 Å². The maximum absolute atomic E-state index is 12.9. The summed E-state index contributed by atoms with van der Waals surface area (Å²) in [6.45, 7) is 5.32. The van der Waals surface area contributed by atoms with E-state index in [2.05, 4.69) is 37.8 Å². The van der Waals surface area contributed by atoms with Crippen molar-refractivity contribution >= 4 is 35.2 Å². The number of piperidine rings is 2. The number of primary amides is 1. The van der Waals surface area contributed by atoms with Crippen LogP contribution in [0.1, 0.15) is 46.5 Å². The first-order chi connectivity index (χ1) is 19.4. The van der Waals surface area contributed by atoms with Gasteiger partial charge in [0.25, 0.3) is 11.8 Å². The predicted molar refractivity (Wildman–Crippen MR) is 148 cm³/mol. The van der Waals surface area contributed by atoms with Gasteiger partial charge in [0.2, 0.25) is 11.9 Å². The second-order valence-corrected chi connectivity index (χ2v) is 10.7. The zero-order valence-electron chi connectivity index (χ0n) is 22.8. The molecule has 4 N–H and O–H groups in total. The van der Waals surface area contributed by atoms with Gasteiger partial charge in [-0.25, -0.2) is 0 Å². The number of ether oxygens (including phenoxy) is 1. The van der Waals surface area contributed by atoms with Gasteiger partial charge < -0.3 is 35.8 Å². The monoisotopic (exact) mass is 551 g/mol. The minimum atomic E-state index is -0.755. The van der Waals surface area contributed by atoms with Crippen LogP contribution in [0.25, 0.3) is 0 Å². The van der Waals surface area contributed by atoms with E-state index in [-0.39, 0.29) is 35.3 Å². The molecule has 3 fully saturated rings. The lowest BCUT2D eigenvalue weighted by molar-refractivity contribution is -0.127. The van der Waals surface area contributed by atoms with Crippen LogP contribution in [0.4, 0.5) is 17.5 Å². The zero-order chi connectivity index (χ0) is 28.1. The number of nitrogens with two attached hydrogens (primary N) is 1. The van der Waals surface area contributed by atoms with Crippen molar-refractivity contribution in [3.8, 4) is 0 Å². The molecule has 3 aliphatic rings. The van der Waals surface area contributed by atoms with E-state index in [0.29, 0.717) is 56.6 Å². The fourth-order valence-corrected chi connectivity index (χ4v) is 5.35. The van der Waals surface area contributed by atoms with Gasteiger partial charge in [-0.05, 0) is 70.1 Å². The van der Waals surface area contributed by atoms with Crippen LogP contribution in [-0.2, 0) is 9.53 Å². The second-order valence-electron chi connectivity index (χ2n) is 10.7. The van der Waals surface area contributed by atoms with E-state index in [1.807, 2.05) is 4.90 Å². The maximum atomic E-state index is 12.9. The van der Waals surface area contributed by atoms with Gasteiger partial charge in [-0.15, -0.1) is 10.2 Å². The van der Waals surface area contributed by atoms with Gasteiger partial charge in [-0.1, -0.05) is 0 Å². The van der Waals surface area contributed by atoms with Crippen LogP contribution < -0.4 is 21.3 Å². The molecule has 0 radical (unpaired) electrons. The van der Waals surface area contributed by atoms with E-state index in [1.165, 1.54) is 0 Å². The Morgan fingerprint density at radius 3 is 2.40 bits per heavy atom. The highest BCUT2D eigenvalue weighted by Gasteiger charge is 2.29. The Kier molecular flexibility index (Phi) is 8.70. The van der Waals surface area contributed by atoms with Crippen molar-refractivity contribution in [2.24, 2.45) is 11.7 Å². The molecule has 0 bridgehead atoms. The van der Waals surface area contributed by atoms with Crippen LogP contribution in [0.3, 0.4) is 0 Å². The minimum absolute atomic E-state index is 0.0201. The predicted octanol–water partition coefficient (Wildman–Crippen LogP) is 0.613. The van der Waals surface area contributed by atoms with Crippen molar-refractivity contribution < 1.29 is 19.1 Å². The number of hydrogen-bond acceptors (Lipinski definition) is 10. The highest BCUT2D eigenvalue weighted by Crippen LogP contribution is 2.23. The molecule has 13 heteroatoms. The second kappa shape index (κ2) is 12.6. The average Bonchev–Trinajstić information content (AvgIpc) is 2.98. The highest BCUT2D eigenvalue weighted by atomic mass is 16.5. The Hall–Kier alpha value is -3.84. The van der Waals surface area contributed by atoms with Crippen LogP contribution in [0.15, 0.2) is 24.3 Å². The van der Waals surface area contributed by atoms with Gasteiger partial charge in [0.05, 0.1) is 13.2 Å². The number of rotatable bonds is 7. The van der Waals surface area contributed by atoms with Crippen LogP contribution in [0.2, 0.25) is 0 Å². The Balaban J connectivity index is 1.25. The fraction of sp³-hybridized carbons (Fsp3) is 0.556. The molecule has 1 aromatic heterocycles. The van der Waals surface area contributed by atoms with Crippen molar-refractivity contribution in [3.63, 3.8) is 0 Å². The molecule has 214 valence electrons. The lowest BCUT2D eigenvalue weighted by Crippen LogP contribution is -2.50. The van der Waals surface area contributed by atoms with E-state index in [4.69, 9.17) is 10.5 Å². The van der Waals surface area contributed by atoms with Crippen molar-refractivity contribution in [3.05, 3.63) is 35.5 Å². The summed E-state index contributed by atoms with van der Waals surface area (Å²) in [4.78, 5) is 48.3. The Morgan fingerprint density at radius 2 is 1.70 bits per heavy atom. The molecule has 3 amide bonds. The normalized spacial score (nSPS) is 20.7. The smallest absolute Gasteiger partial charge is 0.273 e. The third-order valence-corrected chi connectivity index (χ3v) is 7.74. The first-order valence-corrected chi connectivity index (χ1v) is 13.9. The summed E-state index contributed by atoms with van der Waals surface area (Å²) in [6, 6.07) is 6.92. The summed E-state index contributed by atoms with van der Waals surface area (Å²) in [7, 11) is 2.08. The van der Waals surface area contributed by atoms with Crippen molar-refractivity contribution in [2.45, 2.75) is 31.7 Å². The largest absolute Gasteiger partial charge is 0.378 e. The van der Waals surface area contributed by atoms with Crippen LogP contribution in [0.5, 0.6) is 0 Å². The molecule has 3 aliphatic heterocycles. The molecule has 3 saturated heterocycles. The topological polar surface area (TPSA) is 159 Å². The molecule has 0 aliphatic carbocycles. The molecule has 4 heterocycles. The highest BCUT2D eigenvalue weighted by molar-refractivity contribution is 5.97. The first kappa shape index (κ1) is 27.7. The Bertz CT molecular complexity index is 1210. The van der Waals surface area contributed by atoms with E-state index in [0.717, 1.165) is 38.8 Å². The molecule has 1 unspecified atom stereocenters. The third kappa shape index (κ3) is 6.65. The quantitative estimate of drug-likeness (QED) is 0.445. The van der Waals surface area contributed by atoms with Gasteiger partial charge >= 0.3 is 0 Å². The molecule has 0 spiro atoms. The van der Waals surface area contributed by atoms with Crippen molar-refractivity contribution in [1.29, 1.82) is 0 Å². The number of amides is 3. The van der Waals surface area contributed by atoms with E-state index in [1.54, 1.807) is 29.2 Å². The minimum Gasteiger partial charge on any atom is -0.378 e. The standard InChI is InChI=1S/C27H37N9O4/c1-34-11-8-18(9-12-34)25(38)30-21-3-2-10-36(17-21)27-31-24(22(23(28)37)32-33-27)29-20-6-4-19(5-7-20)26(39)35-13-15-40-16-14-35/h4-7,18,21H,2-3,8-17H2,1H3,(H2,28,37)(H,30,38)(H,29,31,33). The number of carbonyl (C=O) groups is 3. The van der Waals surface area contributed by atoms with Gasteiger partial charge in [0.1, 0.15) is 0 Å². The number of anilines is 3. The van der Waals surface area contributed by atoms with Crippen molar-refractivity contribution in [1.82, 2.24) is 30.3 Å². The van der Waals surface area contributed by atoms with E-state index in [9.17, 15) is 14.4 Å². The van der Waals surface area contributed by atoms with Crippen LogP contribution in [0, 0.1) is 5.92 Å². The Labute approximate surface area is 233 Å². The molecular formula is C27H37N9O4. The molecular weight excluding hydrogens is 514 g/mol. The fourth-order valence-electron chi connectivity index (χ4n) is 5.35. The van der Waals surface area contributed by atoms with Crippen LogP contribution >= 0.6 is 0 Å². The summed E-state index contributed by atoms with van der Waals surface area (Å²) in [5.74, 6) is -0.116. The SMILES string of the molecule is CN1CCC(C(=O)NC2CCCN(c3nnc(C(N)=O)c(Nc4ccc(C(=O)N5CCOCC5)cc4)n3)C2)CC1. The molecule has 1 atom stereocenters. The first-order valence-electron chi connectivity index (χ1n) is 13.9. The molecule has 0 saturated carbocycles. The molecule has 5 rings (SSSR count). The van der Waals surface area contributed by atoms with Gasteiger partial charge in [0, 0.05) is 49.4 Å². The lowest BCUT2D eigenvalue weighted by atomic mass is 9.95. The molecule has 40 heavy (non-hydrogen) atoms. The average molecular weight is 552 g/mol. The summed E-state index contributed by atoms with van der Waals surface area (Å²) in [5, 5.41) is 14.6. The van der Waals surface area contributed by atoms with E-state index < -0.39 is 5.91 Å². The number of hydrogen-bond donors (Lipinski definition) is 3. The molecule has 2 aromatic rings. The summed E-state index contributed by atoms with van der Waals surface area (Å²) < 4.78 is 5.32. The number of carbonyl (C=O) groups excluding carboxylic acids is 3. The lowest BCUT2D eigenvalue weighted by Gasteiger charge is -2.35. The maximum Gasteiger partial charge on any atom is 0.273 e. The number of likely N-dealkylation sites (tertiary alicyclic amines) is 1. The summed E-state index contributed by atoms with van der Waals surface area (Å²) >= 11 is 0. The molecule has 1 aromatic carbocycles. The Morgan fingerprint density at radius 1 is 0.975 bits per heavy atom. The number of aromatic nitrogens is 3.